The highest BCUT2D eigenvalue weighted by Gasteiger charge is 2.21. The van der Waals surface area contributed by atoms with Gasteiger partial charge in [0, 0.05) is 58.2 Å². The molecule has 2 aliphatic rings. The molecule has 2 fully saturated rings. The monoisotopic (exact) mass is 783 g/mol. The normalized spacial score (nSPS) is 15.2. The zero-order chi connectivity index (χ0) is 40.1. The van der Waals surface area contributed by atoms with Crippen molar-refractivity contribution in [3.05, 3.63) is 134 Å². The Balaban J connectivity index is 0.000000152. The van der Waals surface area contributed by atoms with Crippen LogP contribution in [-0.4, -0.2) is 54.6 Å². The van der Waals surface area contributed by atoms with Gasteiger partial charge in [-0.1, -0.05) is 79.9 Å². The lowest BCUT2D eigenvalue weighted by molar-refractivity contribution is 0.212. The zero-order valence-corrected chi connectivity index (χ0v) is 33.3. The highest BCUT2D eigenvalue weighted by molar-refractivity contribution is 5.79. The number of piperidine rings is 1. The third-order valence-electron chi connectivity index (χ3n) is 11.6. The van der Waals surface area contributed by atoms with Crippen molar-refractivity contribution in [2.24, 2.45) is 0 Å². The minimum atomic E-state index is 0.453. The van der Waals surface area contributed by atoms with Crippen molar-refractivity contribution >= 4 is 11.6 Å². The van der Waals surface area contributed by atoms with E-state index in [4.69, 9.17) is 20.3 Å². The number of pyridine rings is 2. The molecule has 4 N–H and O–H groups in total. The van der Waals surface area contributed by atoms with Crippen molar-refractivity contribution in [1.82, 2.24) is 34.4 Å². The van der Waals surface area contributed by atoms with Crippen LogP contribution in [0.1, 0.15) is 57.0 Å². The summed E-state index contributed by atoms with van der Waals surface area (Å²) in [6.45, 7) is 2.21. The number of aromatic nitrogens is 6. The Hall–Kier alpha value is -6.72. The number of nitrogen functional groups attached to an aromatic ring is 2. The highest BCUT2D eigenvalue weighted by Crippen LogP contribution is 2.36. The Morgan fingerprint density at radius 3 is 1.41 bits per heavy atom. The average Bonchev–Trinajstić information content (AvgIpc) is 4.14. The summed E-state index contributed by atoms with van der Waals surface area (Å²) in [4.78, 5) is 11.2. The van der Waals surface area contributed by atoms with Gasteiger partial charge in [0.05, 0.1) is 35.6 Å². The molecular weight excluding hydrogens is 735 g/mol. The summed E-state index contributed by atoms with van der Waals surface area (Å²) in [5.74, 6) is 3.97. The summed E-state index contributed by atoms with van der Waals surface area (Å²) in [6.07, 6.45) is 20.3. The van der Waals surface area contributed by atoms with Crippen LogP contribution in [0.3, 0.4) is 0 Å². The molecule has 7 heterocycles. The van der Waals surface area contributed by atoms with E-state index in [1.54, 1.807) is 6.20 Å². The van der Waals surface area contributed by atoms with Gasteiger partial charge in [-0.2, -0.15) is 10.2 Å². The summed E-state index contributed by atoms with van der Waals surface area (Å²) < 4.78 is 16.4. The number of likely N-dealkylation sites (tertiary alicyclic amines) is 1. The fourth-order valence-electron chi connectivity index (χ4n) is 8.12. The molecule has 0 amide bonds. The molecular formula is C48H49N9O2. The molecule has 6 aromatic heterocycles. The van der Waals surface area contributed by atoms with Crippen molar-refractivity contribution in [1.29, 1.82) is 0 Å². The fraction of sp³-hybridized carbons (Fsp3) is 0.250. The van der Waals surface area contributed by atoms with Gasteiger partial charge in [0.25, 0.3) is 0 Å². The van der Waals surface area contributed by atoms with E-state index in [9.17, 15) is 0 Å². The molecule has 0 atom stereocenters. The molecule has 298 valence electrons. The first-order valence-electron chi connectivity index (χ1n) is 20.5. The standard InChI is InChI=1S/C24H25N5O.C24H24N4O/c1-28-11-9-20(10-12-28)29-16-19(15-27-29)18-13-21(24(25)26-14-18)23-8-7-22(30-23)17-5-3-2-4-6-17;25-24-21(23-12-11-22(29-23)17-7-3-1-4-8-17)13-18(14-26-24)19-15-27-28(16-19)20-9-5-2-6-10-20/h2-8,13-16,20H,9-12H2,1H3,(H2,25,26);1,3-4,7-8,11-16,20H,2,5-6,9-10H2,(H2,25,26). The molecule has 0 bridgehead atoms. The number of anilines is 2. The largest absolute Gasteiger partial charge is 0.456 e. The number of nitrogens with zero attached hydrogens (tertiary/aromatic N) is 7. The van der Waals surface area contributed by atoms with Crippen LogP contribution < -0.4 is 11.5 Å². The summed E-state index contributed by atoms with van der Waals surface area (Å²) in [6, 6.07) is 32.9. The minimum absolute atomic E-state index is 0.453. The maximum absolute atomic E-state index is 6.19. The number of rotatable bonds is 8. The lowest BCUT2D eigenvalue weighted by Crippen LogP contribution is -2.31. The van der Waals surface area contributed by atoms with Gasteiger partial charge in [-0.3, -0.25) is 9.36 Å². The average molecular weight is 784 g/mol. The van der Waals surface area contributed by atoms with Crippen LogP contribution in [0.25, 0.3) is 67.5 Å². The van der Waals surface area contributed by atoms with Gasteiger partial charge in [0.2, 0.25) is 0 Å². The van der Waals surface area contributed by atoms with Gasteiger partial charge in [-0.25, -0.2) is 9.97 Å². The molecule has 1 aliphatic heterocycles. The molecule has 0 radical (unpaired) electrons. The zero-order valence-electron chi connectivity index (χ0n) is 33.3. The Kier molecular flexibility index (Phi) is 10.9. The van der Waals surface area contributed by atoms with Crippen LogP contribution in [0.4, 0.5) is 11.6 Å². The van der Waals surface area contributed by atoms with Gasteiger partial charge >= 0.3 is 0 Å². The van der Waals surface area contributed by atoms with Gasteiger partial charge in [-0.15, -0.1) is 0 Å². The first-order valence-corrected chi connectivity index (χ1v) is 20.5. The van der Waals surface area contributed by atoms with E-state index in [1.165, 1.54) is 32.1 Å². The lowest BCUT2D eigenvalue weighted by Gasteiger charge is -2.28. The van der Waals surface area contributed by atoms with E-state index in [2.05, 4.69) is 53.9 Å². The van der Waals surface area contributed by atoms with Crippen LogP contribution in [0.5, 0.6) is 0 Å². The van der Waals surface area contributed by atoms with E-state index >= 15 is 0 Å². The Labute approximate surface area is 344 Å². The fourth-order valence-corrected chi connectivity index (χ4v) is 8.12. The molecule has 0 unspecified atom stereocenters. The van der Waals surface area contributed by atoms with E-state index in [0.29, 0.717) is 29.5 Å². The second kappa shape index (κ2) is 17.0. The third kappa shape index (κ3) is 8.47. The first-order chi connectivity index (χ1) is 28.9. The van der Waals surface area contributed by atoms with Gasteiger partial charge < -0.3 is 25.2 Å². The highest BCUT2D eigenvalue weighted by atomic mass is 16.3. The van der Waals surface area contributed by atoms with Crippen LogP contribution in [-0.2, 0) is 0 Å². The van der Waals surface area contributed by atoms with Crippen LogP contribution in [0.2, 0.25) is 0 Å². The molecule has 59 heavy (non-hydrogen) atoms. The summed E-state index contributed by atoms with van der Waals surface area (Å²) in [5, 5.41) is 9.24. The number of hydrogen-bond donors (Lipinski definition) is 2. The number of nitrogens with two attached hydrogens (primary N) is 2. The molecule has 2 aromatic carbocycles. The second-order valence-electron chi connectivity index (χ2n) is 15.6. The number of benzene rings is 2. The molecule has 10 rings (SSSR count). The van der Waals surface area contributed by atoms with Gasteiger partial charge in [-0.05, 0) is 82.2 Å². The van der Waals surface area contributed by atoms with Crippen molar-refractivity contribution in [3.8, 4) is 67.5 Å². The summed E-state index contributed by atoms with van der Waals surface area (Å²) in [7, 11) is 2.17. The van der Waals surface area contributed by atoms with Crippen molar-refractivity contribution in [2.75, 3.05) is 31.6 Å². The van der Waals surface area contributed by atoms with E-state index in [1.807, 2.05) is 116 Å². The predicted octanol–water partition coefficient (Wildman–Crippen LogP) is 10.7. The topological polar surface area (TPSA) is 143 Å². The Morgan fingerprint density at radius 2 is 0.932 bits per heavy atom. The molecule has 0 spiro atoms. The smallest absolute Gasteiger partial charge is 0.138 e. The maximum Gasteiger partial charge on any atom is 0.138 e. The predicted molar refractivity (Wildman–Crippen MR) is 234 cm³/mol. The molecule has 1 saturated heterocycles. The van der Waals surface area contributed by atoms with Crippen molar-refractivity contribution < 1.29 is 8.83 Å². The van der Waals surface area contributed by atoms with E-state index < -0.39 is 0 Å². The molecule has 1 aliphatic carbocycles. The quantitative estimate of drug-likeness (QED) is 0.154. The van der Waals surface area contributed by atoms with Gasteiger partial charge in [0.15, 0.2) is 0 Å². The van der Waals surface area contributed by atoms with Crippen molar-refractivity contribution in [2.45, 2.75) is 57.0 Å². The van der Waals surface area contributed by atoms with Gasteiger partial charge in [0.1, 0.15) is 34.7 Å². The summed E-state index contributed by atoms with van der Waals surface area (Å²) >= 11 is 0. The molecule has 11 heteroatoms. The van der Waals surface area contributed by atoms with E-state index in [0.717, 1.165) is 87.7 Å². The maximum atomic E-state index is 6.19. The minimum Gasteiger partial charge on any atom is -0.456 e. The second-order valence-corrected chi connectivity index (χ2v) is 15.6. The van der Waals surface area contributed by atoms with Crippen LogP contribution >= 0.6 is 0 Å². The molecule has 11 nitrogen and oxygen atoms in total. The van der Waals surface area contributed by atoms with E-state index in [-0.39, 0.29) is 0 Å². The third-order valence-corrected chi connectivity index (χ3v) is 11.6. The summed E-state index contributed by atoms with van der Waals surface area (Å²) in [5.41, 5.74) is 20.1. The molecule has 8 aromatic rings. The number of furan rings is 2. The Bertz CT molecular complexity index is 2610. The van der Waals surface area contributed by atoms with Crippen LogP contribution in [0, 0.1) is 0 Å². The lowest BCUT2D eigenvalue weighted by atomic mass is 9.96. The van der Waals surface area contributed by atoms with Crippen LogP contribution in [0.15, 0.2) is 143 Å². The SMILES string of the molecule is CN1CCC(n2cc(-c3cnc(N)c(-c4ccc(-c5ccccc5)o4)c3)cn2)CC1.Nc1ncc(-c2cnn(C3CCCCC3)c2)cc1-c1ccc(-c2ccccc2)o1. The first kappa shape index (κ1) is 37.8. The Morgan fingerprint density at radius 1 is 0.492 bits per heavy atom. The molecule has 1 saturated carbocycles. The van der Waals surface area contributed by atoms with Crippen molar-refractivity contribution in [3.63, 3.8) is 0 Å². The number of hydrogen-bond acceptors (Lipinski definition) is 9.